The molecule has 290 valence electrons. The molecule has 0 saturated carbocycles. The van der Waals surface area contributed by atoms with Gasteiger partial charge in [0.25, 0.3) is 11.8 Å². The first kappa shape index (κ1) is 38.9. The topological polar surface area (TPSA) is 182 Å². The van der Waals surface area contributed by atoms with Gasteiger partial charge in [-0.3, -0.25) is 14.9 Å². The number of methoxy groups -OCH3 is 1. The number of anilines is 2. The highest BCUT2D eigenvalue weighted by Gasteiger charge is 2.30. The molecule has 58 heavy (non-hydrogen) atoms. The van der Waals surface area contributed by atoms with Gasteiger partial charge in [0.15, 0.2) is 11.0 Å². The van der Waals surface area contributed by atoms with Crippen molar-refractivity contribution in [2.24, 2.45) is 7.05 Å². The third-order valence-electron chi connectivity index (χ3n) is 7.97. The van der Waals surface area contributed by atoms with Gasteiger partial charge < -0.3 is 14.3 Å². The number of thiazole rings is 2. The largest absolute Gasteiger partial charge is 0.497 e. The summed E-state index contributed by atoms with van der Waals surface area (Å²) < 4.78 is 22.5. The lowest BCUT2D eigenvalue weighted by molar-refractivity contribution is 0.0996. The van der Waals surface area contributed by atoms with Gasteiger partial charge in [0.05, 0.1) is 23.4 Å². The van der Waals surface area contributed by atoms with Crippen molar-refractivity contribution in [1.29, 1.82) is 0 Å². The van der Waals surface area contributed by atoms with Crippen molar-refractivity contribution in [2.45, 2.75) is 31.7 Å². The van der Waals surface area contributed by atoms with Crippen molar-refractivity contribution < 1.29 is 18.7 Å². The molecule has 0 unspecified atom stereocenters. The average molecular weight is 867 g/mol. The van der Waals surface area contributed by atoms with Gasteiger partial charge in [0, 0.05) is 56.2 Å². The van der Waals surface area contributed by atoms with Crippen LogP contribution < -0.4 is 14.4 Å². The van der Waals surface area contributed by atoms with Gasteiger partial charge in [0.2, 0.25) is 10.3 Å². The Balaban J connectivity index is 1.33. The highest BCUT2D eigenvalue weighted by Crippen LogP contribution is 2.42. The third kappa shape index (κ3) is 8.62. The summed E-state index contributed by atoms with van der Waals surface area (Å²) in [7, 11) is 3.35. The number of hydrogen-bond donors (Lipinski definition) is 2. The number of nitrogens with one attached hydrogen (secondary N) is 2. The zero-order valence-corrected chi connectivity index (χ0v) is 34.4. The van der Waals surface area contributed by atoms with Crippen molar-refractivity contribution in [2.75, 3.05) is 16.7 Å². The van der Waals surface area contributed by atoms with Crippen LogP contribution in [0, 0.1) is 12.7 Å². The Morgan fingerprint density at radius 3 is 2.36 bits per heavy atom. The van der Waals surface area contributed by atoms with Gasteiger partial charge in [-0.1, -0.05) is 23.5 Å². The number of aromatic amines is 1. The second-order valence-corrected chi connectivity index (χ2v) is 16.8. The predicted molar refractivity (Wildman–Crippen MR) is 221 cm³/mol. The van der Waals surface area contributed by atoms with Crippen LogP contribution in [0.3, 0.4) is 0 Å². The molecule has 0 spiro atoms. The number of nitrogens with zero attached hydrogens (tertiary/aromatic N) is 10. The number of aryl methyl sites for hydroxylation is 2. The van der Waals surface area contributed by atoms with Gasteiger partial charge in [-0.2, -0.15) is 0 Å². The Kier molecular flexibility index (Phi) is 11.5. The third-order valence-corrected chi connectivity index (χ3v) is 13.0. The maximum absolute atomic E-state index is 15.0. The van der Waals surface area contributed by atoms with Crippen LogP contribution in [0.2, 0.25) is 0 Å². The molecule has 8 rings (SSSR count). The van der Waals surface area contributed by atoms with Gasteiger partial charge in [-0.05, 0) is 73.7 Å². The fourth-order valence-electron chi connectivity index (χ4n) is 5.23. The molecule has 0 atom stereocenters. The van der Waals surface area contributed by atoms with Crippen LogP contribution in [0.4, 0.5) is 14.7 Å². The highest BCUT2D eigenvalue weighted by molar-refractivity contribution is 8.01. The highest BCUT2D eigenvalue weighted by atomic mass is 32.2. The van der Waals surface area contributed by atoms with E-state index in [4.69, 9.17) is 14.7 Å². The summed E-state index contributed by atoms with van der Waals surface area (Å²) in [4.78, 5) is 53.3. The standard InChI is InChI=1S/C37H27FN12O3S5/c1-20-17-55-36(43-20)50(58-37-48-42-19-49(37)2)34(52)29-28(56-23-8-4-21(38)5-9-23)13-12-26(44-29)25-16-27(32-40-18-41-47-32)45-30(33(51)46-35-39-14-15-54-35)31(25)57-24-10-6-22(53-3)7-11-24/h4-19H,1-3H3,(H,39,46,51)(H,40,41,47). The number of benzene rings is 2. The van der Waals surface area contributed by atoms with E-state index in [1.165, 1.54) is 75.3 Å². The Hall–Kier alpha value is -6.00. The number of halogens is 1. The summed E-state index contributed by atoms with van der Waals surface area (Å²) in [5.74, 6) is -0.474. The van der Waals surface area contributed by atoms with Crippen molar-refractivity contribution in [3.05, 3.63) is 119 Å². The minimum absolute atomic E-state index is 0.0529. The zero-order chi connectivity index (χ0) is 40.2. The number of pyridine rings is 2. The maximum atomic E-state index is 15.0. The number of amides is 2. The SMILES string of the molecule is COc1ccc(Sc2c(-c3ccc(Sc4ccc(F)cc4)c(C(=O)N(Sc4nncn4C)c4nc(C)cs4)n3)cc(-c3nnc[nH]3)nc2C(=O)Nc2nccs2)cc1. The average Bonchev–Trinajstić information content (AvgIpc) is 4.09. The van der Waals surface area contributed by atoms with E-state index in [1.807, 2.05) is 36.6 Å². The van der Waals surface area contributed by atoms with Crippen molar-refractivity contribution in [3.8, 4) is 28.5 Å². The van der Waals surface area contributed by atoms with E-state index in [2.05, 4.69) is 40.7 Å². The van der Waals surface area contributed by atoms with E-state index in [9.17, 15) is 9.18 Å². The number of ether oxygens (including phenoxy) is 1. The molecular formula is C37H27FN12O3S5. The maximum Gasteiger partial charge on any atom is 0.290 e. The summed E-state index contributed by atoms with van der Waals surface area (Å²) in [6.07, 6.45) is 4.53. The monoisotopic (exact) mass is 866 g/mol. The fourth-order valence-corrected chi connectivity index (χ4v) is 9.32. The van der Waals surface area contributed by atoms with Gasteiger partial charge in [0.1, 0.15) is 41.3 Å². The molecule has 0 fully saturated rings. The van der Waals surface area contributed by atoms with Crippen molar-refractivity contribution in [3.63, 3.8) is 0 Å². The summed E-state index contributed by atoms with van der Waals surface area (Å²) in [5.41, 5.74) is 1.94. The molecule has 6 aromatic heterocycles. The molecule has 0 saturated heterocycles. The first-order chi connectivity index (χ1) is 28.2. The van der Waals surface area contributed by atoms with Crippen LogP contribution in [0.15, 0.2) is 121 Å². The number of hydrogen-bond acceptors (Lipinski definition) is 16. The van der Waals surface area contributed by atoms with Crippen LogP contribution in [-0.4, -0.2) is 68.8 Å². The van der Waals surface area contributed by atoms with Gasteiger partial charge in [-0.25, -0.2) is 28.6 Å². The molecule has 0 aliphatic rings. The second-order valence-electron chi connectivity index (χ2n) is 11.9. The van der Waals surface area contributed by atoms with Crippen LogP contribution in [0.1, 0.15) is 26.7 Å². The van der Waals surface area contributed by atoms with E-state index in [0.29, 0.717) is 58.6 Å². The van der Waals surface area contributed by atoms with Crippen molar-refractivity contribution in [1.82, 2.24) is 49.9 Å². The van der Waals surface area contributed by atoms with E-state index >= 15 is 4.79 Å². The van der Waals surface area contributed by atoms with Gasteiger partial charge >= 0.3 is 0 Å². The van der Waals surface area contributed by atoms with Crippen molar-refractivity contribution >= 4 is 80.2 Å². The molecule has 2 N–H and O–H groups in total. The molecule has 8 aromatic rings. The lowest BCUT2D eigenvalue weighted by Crippen LogP contribution is -2.26. The molecule has 0 aliphatic heterocycles. The summed E-state index contributed by atoms with van der Waals surface area (Å²) >= 11 is 6.13. The van der Waals surface area contributed by atoms with E-state index in [-0.39, 0.29) is 11.4 Å². The quantitative estimate of drug-likeness (QED) is 0.106. The second kappa shape index (κ2) is 17.2. The molecule has 21 heteroatoms. The summed E-state index contributed by atoms with van der Waals surface area (Å²) in [5, 5.41) is 24.0. The minimum Gasteiger partial charge on any atom is -0.497 e. The van der Waals surface area contributed by atoms with Crippen LogP contribution in [0.25, 0.3) is 22.8 Å². The lowest BCUT2D eigenvalue weighted by Gasteiger charge is -2.20. The van der Waals surface area contributed by atoms with Gasteiger partial charge in [-0.15, -0.1) is 43.1 Å². The van der Waals surface area contributed by atoms with E-state index in [1.54, 1.807) is 60.6 Å². The predicted octanol–water partition coefficient (Wildman–Crippen LogP) is 8.34. The number of carbonyl (C=O) groups is 2. The van der Waals surface area contributed by atoms with Crippen LogP contribution in [0.5, 0.6) is 5.75 Å². The van der Waals surface area contributed by atoms with Crippen LogP contribution in [-0.2, 0) is 7.05 Å². The smallest absolute Gasteiger partial charge is 0.290 e. The molecule has 6 heterocycles. The van der Waals surface area contributed by atoms with Crippen LogP contribution >= 0.6 is 58.1 Å². The Bertz CT molecular complexity index is 2710. The molecule has 0 aliphatic carbocycles. The summed E-state index contributed by atoms with van der Waals surface area (Å²) in [6.45, 7) is 1.84. The molecule has 0 bridgehead atoms. The first-order valence-corrected chi connectivity index (χ1v) is 21.1. The molecule has 15 nitrogen and oxygen atoms in total. The Labute approximate surface area is 350 Å². The number of carbonyl (C=O) groups excluding carboxylic acids is 2. The molecule has 2 aromatic carbocycles. The number of rotatable bonds is 13. The minimum atomic E-state index is -0.529. The first-order valence-electron chi connectivity index (χ1n) is 16.9. The van der Waals surface area contributed by atoms with E-state index < -0.39 is 17.6 Å². The lowest BCUT2D eigenvalue weighted by atomic mass is 10.1. The number of aromatic nitrogens is 10. The molecule has 2 amide bonds. The van der Waals surface area contributed by atoms with E-state index in [0.717, 1.165) is 22.5 Å². The summed E-state index contributed by atoms with van der Waals surface area (Å²) in [6, 6.07) is 18.6. The molecule has 0 radical (unpaired) electrons. The number of H-pyrrole nitrogens is 1. The Morgan fingerprint density at radius 1 is 0.914 bits per heavy atom. The zero-order valence-electron chi connectivity index (χ0n) is 30.4. The fraction of sp³-hybridized carbons (Fsp3) is 0.0811. The normalized spacial score (nSPS) is 11.1. The Morgan fingerprint density at radius 2 is 1.69 bits per heavy atom. The molecular weight excluding hydrogens is 840 g/mol.